The zero-order valence-electron chi connectivity index (χ0n) is 19.8. The van der Waals surface area contributed by atoms with Crippen LogP contribution in [-0.4, -0.2) is 51.0 Å². The van der Waals surface area contributed by atoms with E-state index in [2.05, 4.69) is 12.1 Å². The maximum absolute atomic E-state index is 13.5. The predicted molar refractivity (Wildman–Crippen MR) is 123 cm³/mol. The van der Waals surface area contributed by atoms with Gasteiger partial charge in [0.05, 0.1) is 10.5 Å². The van der Waals surface area contributed by atoms with Gasteiger partial charge in [0, 0.05) is 32.6 Å². The van der Waals surface area contributed by atoms with Crippen molar-refractivity contribution in [2.24, 2.45) is 0 Å². The van der Waals surface area contributed by atoms with E-state index in [1.54, 1.807) is 0 Å². The molecule has 1 amide bonds. The lowest BCUT2D eigenvalue weighted by atomic mass is 9.86. The number of rotatable bonds is 5. The molecule has 1 atom stereocenters. The molecule has 2 aliphatic rings. The van der Waals surface area contributed by atoms with E-state index in [0.717, 1.165) is 60.9 Å². The largest absolute Gasteiger partial charge is 0.480 e. The van der Waals surface area contributed by atoms with E-state index in [0.29, 0.717) is 19.1 Å². The number of nitrogens with zero attached hydrogens (tertiary/aromatic N) is 1. The van der Waals surface area contributed by atoms with Crippen molar-refractivity contribution in [3.63, 3.8) is 0 Å². The zero-order chi connectivity index (χ0) is 25.5. The average Bonchev–Trinajstić information content (AvgIpc) is 3.20. The number of sulfone groups is 1. The number of carbonyl (C=O) groups excluding carboxylic acids is 1. The highest BCUT2D eigenvalue weighted by Gasteiger charge is 2.39. The third kappa shape index (κ3) is 5.48. The van der Waals surface area contributed by atoms with Crippen LogP contribution in [0.5, 0.6) is 5.75 Å². The van der Waals surface area contributed by atoms with E-state index in [1.807, 2.05) is 6.92 Å². The average molecular weight is 512 g/mol. The molecule has 0 N–H and O–H groups in total. The van der Waals surface area contributed by atoms with Gasteiger partial charge in [-0.1, -0.05) is 12.1 Å². The van der Waals surface area contributed by atoms with E-state index in [4.69, 9.17) is 9.47 Å². The molecule has 0 radical (unpaired) electrons. The van der Waals surface area contributed by atoms with E-state index in [9.17, 15) is 26.4 Å². The topological polar surface area (TPSA) is 72.9 Å². The van der Waals surface area contributed by atoms with Crippen molar-refractivity contribution < 1.29 is 35.9 Å². The Balaban J connectivity index is 1.64. The number of carbonyl (C=O) groups is 1. The third-order valence-electron chi connectivity index (χ3n) is 6.63. The number of fused-ring (bicyclic) bond motifs is 1. The summed E-state index contributed by atoms with van der Waals surface area (Å²) in [4.78, 5) is 14.8. The fraction of sp³-hybridized carbons (Fsp3) is 0.480. The van der Waals surface area contributed by atoms with Gasteiger partial charge in [-0.05, 0) is 73.1 Å². The third-order valence-corrected chi connectivity index (χ3v) is 7.74. The molecule has 0 spiro atoms. The number of alkyl halides is 3. The Kier molecular flexibility index (Phi) is 6.89. The van der Waals surface area contributed by atoms with Gasteiger partial charge < -0.3 is 14.4 Å². The number of benzene rings is 2. The van der Waals surface area contributed by atoms with Crippen LogP contribution in [0.15, 0.2) is 35.2 Å². The van der Waals surface area contributed by atoms with Crippen molar-refractivity contribution in [3.05, 3.63) is 58.1 Å². The van der Waals surface area contributed by atoms with Gasteiger partial charge in [-0.3, -0.25) is 4.79 Å². The van der Waals surface area contributed by atoms with Crippen molar-refractivity contribution in [1.29, 1.82) is 0 Å². The zero-order valence-corrected chi connectivity index (χ0v) is 20.6. The van der Waals surface area contributed by atoms with Gasteiger partial charge >= 0.3 is 6.18 Å². The van der Waals surface area contributed by atoms with Crippen LogP contribution in [0, 0.1) is 6.92 Å². The molecule has 0 unspecified atom stereocenters. The number of aryl methyl sites for hydroxylation is 1. The Morgan fingerprint density at radius 3 is 2.34 bits per heavy atom. The fourth-order valence-electron chi connectivity index (χ4n) is 4.62. The molecular formula is C25H28F3NO5S. The number of amides is 1. The van der Waals surface area contributed by atoms with Crippen LogP contribution in [0.25, 0.3) is 0 Å². The van der Waals surface area contributed by atoms with Crippen molar-refractivity contribution in [3.8, 4) is 5.75 Å². The SMILES string of the molecule is Cc1cc2c(cc1C1CCOCC1)CN(C(=O)c1cc(S(C)(=O)=O)ccc1O[C@@H](C)C(F)(F)F)C2. The Bertz CT molecular complexity index is 1240. The summed E-state index contributed by atoms with van der Waals surface area (Å²) < 4.78 is 74.0. The van der Waals surface area contributed by atoms with Crippen molar-refractivity contribution in [1.82, 2.24) is 4.90 Å². The molecule has 0 saturated carbocycles. The first-order valence-corrected chi connectivity index (χ1v) is 13.3. The monoisotopic (exact) mass is 511 g/mol. The van der Waals surface area contributed by atoms with Crippen LogP contribution in [-0.2, 0) is 27.7 Å². The van der Waals surface area contributed by atoms with E-state index >= 15 is 0 Å². The minimum absolute atomic E-state index is 0.165. The lowest BCUT2D eigenvalue weighted by molar-refractivity contribution is -0.189. The molecule has 2 aromatic rings. The van der Waals surface area contributed by atoms with Crippen LogP contribution < -0.4 is 4.74 Å². The molecule has 6 nitrogen and oxygen atoms in total. The van der Waals surface area contributed by atoms with Gasteiger partial charge in [0.25, 0.3) is 5.91 Å². The molecule has 2 aliphatic heterocycles. The lowest BCUT2D eigenvalue weighted by Gasteiger charge is -2.24. The summed E-state index contributed by atoms with van der Waals surface area (Å²) in [6.07, 6.45) is -3.98. The molecule has 0 aliphatic carbocycles. The van der Waals surface area contributed by atoms with Crippen LogP contribution in [0.3, 0.4) is 0 Å². The molecule has 4 rings (SSSR count). The summed E-state index contributed by atoms with van der Waals surface area (Å²) in [6.45, 7) is 4.85. The summed E-state index contributed by atoms with van der Waals surface area (Å²) in [5.74, 6) is -0.502. The quantitative estimate of drug-likeness (QED) is 0.578. The minimum atomic E-state index is -4.64. The van der Waals surface area contributed by atoms with E-state index in [1.165, 1.54) is 10.5 Å². The van der Waals surface area contributed by atoms with Gasteiger partial charge in [0.2, 0.25) is 0 Å². The maximum Gasteiger partial charge on any atom is 0.425 e. The first-order valence-electron chi connectivity index (χ1n) is 11.4. The highest BCUT2D eigenvalue weighted by atomic mass is 32.2. The molecule has 1 saturated heterocycles. The fourth-order valence-corrected chi connectivity index (χ4v) is 5.27. The summed E-state index contributed by atoms with van der Waals surface area (Å²) in [6, 6.07) is 7.53. The van der Waals surface area contributed by atoms with Gasteiger partial charge in [-0.25, -0.2) is 8.42 Å². The smallest absolute Gasteiger partial charge is 0.425 e. The Labute approximate surface area is 202 Å². The number of hydrogen-bond acceptors (Lipinski definition) is 5. The van der Waals surface area contributed by atoms with Gasteiger partial charge in [0.1, 0.15) is 5.75 Å². The normalized spacial score (nSPS) is 17.8. The highest BCUT2D eigenvalue weighted by molar-refractivity contribution is 7.90. The maximum atomic E-state index is 13.5. The molecule has 190 valence electrons. The highest BCUT2D eigenvalue weighted by Crippen LogP contribution is 2.36. The van der Waals surface area contributed by atoms with Crippen LogP contribution in [0.4, 0.5) is 13.2 Å². The first-order chi connectivity index (χ1) is 16.3. The van der Waals surface area contributed by atoms with Crippen molar-refractivity contribution >= 4 is 15.7 Å². The second kappa shape index (κ2) is 9.46. The summed E-state index contributed by atoms with van der Waals surface area (Å²) in [7, 11) is -3.69. The second-order valence-corrected chi connectivity index (χ2v) is 11.3. The van der Waals surface area contributed by atoms with Crippen LogP contribution in [0.1, 0.15) is 58.3 Å². The predicted octanol–water partition coefficient (Wildman–Crippen LogP) is 4.78. The Morgan fingerprint density at radius 2 is 1.74 bits per heavy atom. The first kappa shape index (κ1) is 25.5. The molecule has 1 fully saturated rings. The number of halogens is 3. The molecule has 35 heavy (non-hydrogen) atoms. The number of ether oxygens (including phenoxy) is 2. The summed E-state index contributed by atoms with van der Waals surface area (Å²) >= 11 is 0. The van der Waals surface area contributed by atoms with Crippen molar-refractivity contribution in [2.75, 3.05) is 19.5 Å². The standard InChI is InChI=1S/C25H28F3NO5S/c1-15-10-18-13-29(14-19(18)11-21(15)17-6-8-33-9-7-17)24(30)22-12-20(35(3,31)32)4-5-23(22)34-16(2)25(26,27)28/h4-5,10-12,16-17H,6-9,13-14H2,1-3H3/t16-/m0/s1. The van der Waals surface area contributed by atoms with Gasteiger partial charge in [-0.15, -0.1) is 0 Å². The van der Waals surface area contributed by atoms with Gasteiger partial charge in [0.15, 0.2) is 15.9 Å². The molecule has 0 bridgehead atoms. The van der Waals surface area contributed by atoms with E-state index in [-0.39, 0.29) is 29.3 Å². The Morgan fingerprint density at radius 1 is 1.11 bits per heavy atom. The summed E-state index contributed by atoms with van der Waals surface area (Å²) in [5.41, 5.74) is 4.10. The molecule has 0 aromatic heterocycles. The number of hydrogen-bond donors (Lipinski definition) is 0. The lowest BCUT2D eigenvalue weighted by Crippen LogP contribution is -2.32. The molecule has 10 heteroatoms. The second-order valence-electron chi connectivity index (χ2n) is 9.26. The molecular weight excluding hydrogens is 483 g/mol. The Hall–Kier alpha value is -2.59. The summed E-state index contributed by atoms with van der Waals surface area (Å²) in [5, 5.41) is 0. The van der Waals surface area contributed by atoms with E-state index < -0.39 is 28.0 Å². The van der Waals surface area contributed by atoms with Crippen LogP contribution in [0.2, 0.25) is 0 Å². The van der Waals surface area contributed by atoms with Crippen LogP contribution >= 0.6 is 0 Å². The molecule has 2 heterocycles. The minimum Gasteiger partial charge on any atom is -0.480 e. The van der Waals surface area contributed by atoms with Crippen molar-refractivity contribution in [2.45, 2.75) is 62.9 Å². The van der Waals surface area contributed by atoms with Gasteiger partial charge in [-0.2, -0.15) is 13.2 Å². The molecule has 2 aromatic carbocycles.